The highest BCUT2D eigenvalue weighted by Crippen LogP contribution is 2.21. The molecule has 0 aromatic carbocycles. The van der Waals surface area contributed by atoms with E-state index in [0.717, 1.165) is 36.0 Å². The quantitative estimate of drug-likeness (QED) is 0.808. The van der Waals surface area contributed by atoms with E-state index in [2.05, 4.69) is 27.6 Å². The lowest BCUT2D eigenvalue weighted by Crippen LogP contribution is -2.13. The fourth-order valence-corrected chi connectivity index (χ4v) is 2.31. The van der Waals surface area contributed by atoms with Gasteiger partial charge in [-0.3, -0.25) is 0 Å². The fraction of sp³-hybridized carbons (Fsp3) is 0.455. The number of thiazole rings is 1. The number of hydrogen-bond acceptors (Lipinski definition) is 4. The minimum absolute atomic E-state index is 0.842. The molecule has 0 aliphatic carbocycles. The van der Waals surface area contributed by atoms with Crippen LogP contribution in [0.15, 0.2) is 17.8 Å². The molecule has 0 atom stereocenters. The Hall–Kier alpha value is -1.20. The van der Waals surface area contributed by atoms with Crippen molar-refractivity contribution in [2.45, 2.75) is 19.9 Å². The van der Waals surface area contributed by atoms with Crippen molar-refractivity contribution in [1.82, 2.24) is 19.9 Å². The molecule has 86 valence electrons. The van der Waals surface area contributed by atoms with Crippen LogP contribution < -0.4 is 5.32 Å². The maximum Gasteiger partial charge on any atom is 0.168 e. The molecule has 2 heterocycles. The van der Waals surface area contributed by atoms with E-state index in [-0.39, 0.29) is 0 Å². The van der Waals surface area contributed by atoms with Gasteiger partial charge in [0, 0.05) is 31.4 Å². The summed E-state index contributed by atoms with van der Waals surface area (Å²) in [7, 11) is 1.98. The third kappa shape index (κ3) is 2.48. The number of rotatable bonds is 5. The van der Waals surface area contributed by atoms with Crippen molar-refractivity contribution >= 4 is 11.3 Å². The highest BCUT2D eigenvalue weighted by atomic mass is 32.1. The van der Waals surface area contributed by atoms with Crippen LogP contribution in [0.4, 0.5) is 0 Å². The Kier molecular flexibility index (Phi) is 3.69. The van der Waals surface area contributed by atoms with E-state index in [1.807, 2.05) is 17.8 Å². The Labute approximate surface area is 99.4 Å². The molecule has 0 radical (unpaired) electrons. The van der Waals surface area contributed by atoms with Crippen LogP contribution in [0, 0.1) is 0 Å². The molecule has 4 nitrogen and oxygen atoms in total. The van der Waals surface area contributed by atoms with E-state index < -0.39 is 0 Å². The second kappa shape index (κ2) is 5.23. The molecule has 16 heavy (non-hydrogen) atoms. The SMILES string of the molecule is CCCNCc1csc(-c2nccn2C)n1. The maximum absolute atomic E-state index is 4.56. The molecule has 0 spiro atoms. The van der Waals surface area contributed by atoms with Gasteiger partial charge in [-0.1, -0.05) is 6.92 Å². The zero-order valence-corrected chi connectivity index (χ0v) is 10.4. The van der Waals surface area contributed by atoms with Crippen LogP contribution in [-0.2, 0) is 13.6 Å². The van der Waals surface area contributed by atoms with Crippen LogP contribution >= 0.6 is 11.3 Å². The molecular formula is C11H16N4S. The molecule has 2 aromatic heterocycles. The Morgan fingerprint density at radius 2 is 2.38 bits per heavy atom. The summed E-state index contributed by atoms with van der Waals surface area (Å²) in [5, 5.41) is 6.42. The summed E-state index contributed by atoms with van der Waals surface area (Å²) in [6.45, 7) is 4.04. The van der Waals surface area contributed by atoms with Gasteiger partial charge in [0.1, 0.15) is 0 Å². The molecular weight excluding hydrogens is 220 g/mol. The number of aromatic nitrogens is 3. The first-order chi connectivity index (χ1) is 7.81. The van der Waals surface area contributed by atoms with Crippen LogP contribution in [0.3, 0.4) is 0 Å². The Morgan fingerprint density at radius 1 is 1.50 bits per heavy atom. The van der Waals surface area contributed by atoms with Crippen LogP contribution in [0.5, 0.6) is 0 Å². The summed E-state index contributed by atoms with van der Waals surface area (Å²) in [4.78, 5) is 8.84. The van der Waals surface area contributed by atoms with E-state index in [1.54, 1.807) is 17.5 Å². The first-order valence-electron chi connectivity index (χ1n) is 5.44. The second-order valence-corrected chi connectivity index (χ2v) is 4.54. The summed E-state index contributed by atoms with van der Waals surface area (Å²) in [6.07, 6.45) is 4.88. The first-order valence-corrected chi connectivity index (χ1v) is 6.32. The lowest BCUT2D eigenvalue weighted by molar-refractivity contribution is 0.667. The van der Waals surface area contributed by atoms with Crippen molar-refractivity contribution in [3.8, 4) is 10.8 Å². The van der Waals surface area contributed by atoms with Crippen LogP contribution in [0.2, 0.25) is 0 Å². The Balaban J connectivity index is 2.05. The van der Waals surface area contributed by atoms with E-state index in [0.29, 0.717) is 0 Å². The van der Waals surface area contributed by atoms with Crippen molar-refractivity contribution in [3.05, 3.63) is 23.5 Å². The lowest BCUT2D eigenvalue weighted by Gasteiger charge is -1.98. The van der Waals surface area contributed by atoms with Gasteiger partial charge >= 0.3 is 0 Å². The van der Waals surface area contributed by atoms with Gasteiger partial charge in [-0.2, -0.15) is 0 Å². The standard InChI is InChI=1S/C11H16N4S/c1-3-4-12-7-9-8-16-11(14-9)10-13-5-6-15(10)2/h5-6,8,12H,3-4,7H2,1-2H3. The van der Waals surface area contributed by atoms with Crippen LogP contribution in [-0.4, -0.2) is 21.1 Å². The van der Waals surface area contributed by atoms with Gasteiger partial charge in [0.15, 0.2) is 10.8 Å². The second-order valence-electron chi connectivity index (χ2n) is 3.68. The molecule has 0 aliphatic rings. The molecule has 5 heteroatoms. The summed E-state index contributed by atoms with van der Waals surface area (Å²) in [5.74, 6) is 0.937. The van der Waals surface area contributed by atoms with Crippen LogP contribution in [0.25, 0.3) is 10.8 Å². The largest absolute Gasteiger partial charge is 0.332 e. The molecule has 0 bridgehead atoms. The zero-order chi connectivity index (χ0) is 11.4. The smallest absolute Gasteiger partial charge is 0.168 e. The van der Waals surface area contributed by atoms with E-state index in [4.69, 9.17) is 0 Å². The molecule has 1 N–H and O–H groups in total. The minimum Gasteiger partial charge on any atom is -0.332 e. The minimum atomic E-state index is 0.842. The lowest BCUT2D eigenvalue weighted by atomic mass is 10.4. The maximum atomic E-state index is 4.56. The molecule has 2 rings (SSSR count). The molecule has 0 aliphatic heterocycles. The van der Waals surface area contributed by atoms with E-state index in [1.165, 1.54) is 0 Å². The molecule has 0 unspecified atom stereocenters. The Bertz CT molecular complexity index is 446. The predicted octanol–water partition coefficient (Wildman–Crippen LogP) is 2.04. The number of hydrogen-bond donors (Lipinski definition) is 1. The number of imidazole rings is 1. The van der Waals surface area contributed by atoms with Gasteiger partial charge in [-0.15, -0.1) is 11.3 Å². The topological polar surface area (TPSA) is 42.7 Å². The van der Waals surface area contributed by atoms with E-state index in [9.17, 15) is 0 Å². The van der Waals surface area contributed by atoms with Crippen molar-refractivity contribution in [3.63, 3.8) is 0 Å². The van der Waals surface area contributed by atoms with Gasteiger partial charge in [0.25, 0.3) is 0 Å². The molecule has 0 saturated carbocycles. The number of nitrogens with zero attached hydrogens (tertiary/aromatic N) is 3. The van der Waals surface area contributed by atoms with Crippen molar-refractivity contribution in [2.24, 2.45) is 7.05 Å². The van der Waals surface area contributed by atoms with Gasteiger partial charge in [0.05, 0.1) is 5.69 Å². The average molecular weight is 236 g/mol. The zero-order valence-electron chi connectivity index (χ0n) is 9.60. The molecule has 0 fully saturated rings. The summed E-state index contributed by atoms with van der Waals surface area (Å²) in [5.41, 5.74) is 1.09. The highest BCUT2D eigenvalue weighted by Gasteiger charge is 2.08. The Morgan fingerprint density at radius 3 is 3.06 bits per heavy atom. The molecule has 2 aromatic rings. The number of nitrogens with one attached hydrogen (secondary N) is 1. The van der Waals surface area contributed by atoms with Crippen molar-refractivity contribution < 1.29 is 0 Å². The first kappa shape index (κ1) is 11.3. The van der Waals surface area contributed by atoms with Gasteiger partial charge in [0.2, 0.25) is 0 Å². The third-order valence-corrected chi connectivity index (χ3v) is 3.18. The summed E-state index contributed by atoms with van der Waals surface area (Å²) in [6, 6.07) is 0. The summed E-state index contributed by atoms with van der Waals surface area (Å²) < 4.78 is 1.99. The van der Waals surface area contributed by atoms with Gasteiger partial charge < -0.3 is 9.88 Å². The third-order valence-electron chi connectivity index (χ3n) is 2.30. The molecule has 0 saturated heterocycles. The fourth-order valence-electron chi connectivity index (χ4n) is 1.46. The average Bonchev–Trinajstić information content (AvgIpc) is 2.87. The highest BCUT2D eigenvalue weighted by molar-refractivity contribution is 7.13. The van der Waals surface area contributed by atoms with Gasteiger partial charge in [-0.25, -0.2) is 9.97 Å². The monoisotopic (exact) mass is 236 g/mol. The van der Waals surface area contributed by atoms with Gasteiger partial charge in [-0.05, 0) is 13.0 Å². The molecule has 0 amide bonds. The van der Waals surface area contributed by atoms with Crippen molar-refractivity contribution in [1.29, 1.82) is 0 Å². The summed E-state index contributed by atoms with van der Waals surface area (Å²) >= 11 is 1.65. The van der Waals surface area contributed by atoms with E-state index >= 15 is 0 Å². The van der Waals surface area contributed by atoms with Crippen LogP contribution in [0.1, 0.15) is 19.0 Å². The number of aryl methyl sites for hydroxylation is 1. The van der Waals surface area contributed by atoms with Crippen molar-refractivity contribution in [2.75, 3.05) is 6.54 Å². The normalized spacial score (nSPS) is 10.9. The predicted molar refractivity (Wildman–Crippen MR) is 66.3 cm³/mol.